The molecule has 2 aromatic heterocycles. The van der Waals surface area contributed by atoms with Crippen LogP contribution in [0.3, 0.4) is 0 Å². The Balaban J connectivity index is 0.000000213. The van der Waals surface area contributed by atoms with Gasteiger partial charge < -0.3 is 35.3 Å². The number of nitrogens with one attached hydrogen (secondary N) is 4. The first kappa shape index (κ1) is 46.4. The number of carbonyl (C=O) groups is 2. The molecule has 64 heavy (non-hydrogen) atoms. The second-order valence-corrected chi connectivity index (χ2v) is 18.7. The number of methoxy groups -OCH3 is 1. The van der Waals surface area contributed by atoms with Crippen LogP contribution in [-0.4, -0.2) is 47.1 Å². The molecule has 0 saturated carbocycles. The molecule has 334 valence electrons. The number of amides is 2. The van der Waals surface area contributed by atoms with Gasteiger partial charge in [-0.15, -0.1) is 0 Å². The Morgan fingerprint density at radius 3 is 2.00 bits per heavy atom. The summed E-state index contributed by atoms with van der Waals surface area (Å²) >= 11 is 0. The molecular formula is C49H51F3N6O6. The normalized spacial score (nSPS) is 13.8. The third kappa shape index (κ3) is 9.76. The topological polar surface area (TPSA) is 180 Å². The number of phenolic OH excluding ortho intramolecular Hbond substituents is 1. The van der Waals surface area contributed by atoms with Crippen LogP contribution in [0.5, 0.6) is 11.5 Å². The molecule has 0 aliphatic carbocycles. The number of halogens is 3. The van der Waals surface area contributed by atoms with Crippen molar-refractivity contribution in [2.45, 2.75) is 78.8 Å². The van der Waals surface area contributed by atoms with Gasteiger partial charge in [-0.25, -0.2) is 0 Å². The van der Waals surface area contributed by atoms with Crippen LogP contribution in [0.4, 0.5) is 30.2 Å². The summed E-state index contributed by atoms with van der Waals surface area (Å²) in [6.45, 7) is 17.5. The zero-order valence-corrected chi connectivity index (χ0v) is 37.1. The van der Waals surface area contributed by atoms with Gasteiger partial charge in [0, 0.05) is 59.2 Å². The number of carbonyl (C=O) groups excluding carboxylic acids is 2. The monoisotopic (exact) mass is 876 g/mol. The van der Waals surface area contributed by atoms with Gasteiger partial charge in [0.15, 0.2) is 0 Å². The van der Waals surface area contributed by atoms with Crippen LogP contribution in [0, 0.1) is 16.7 Å². The quantitative estimate of drug-likeness (QED) is 0.110. The van der Waals surface area contributed by atoms with Gasteiger partial charge in [-0.1, -0.05) is 61.5 Å². The van der Waals surface area contributed by atoms with Crippen molar-refractivity contribution >= 4 is 50.7 Å². The standard InChI is InChI=1S/C25H27N3O3.C24H24F3N3O3/c1-24(2,3)17-10-18(25(4,5)6)20(29)11-19(17)28-23(31)16-13-27-21-14(12-26)8-7-9-15(21)22(16)30;1-23(2)8-9-30(13-23)14-4-6-20(18(10-14)24(25,26)27)29-22(32)17-12-28-19-7-5-15(33-3)11-16(19)21(17)31/h7-11,13,29H,1-6H3,(H,27,30)(H,28,31);4-7,10-12H,8-9,13H2,1-3H3,(H,28,31)(H,29,32). The molecule has 0 spiro atoms. The Morgan fingerprint density at radius 1 is 0.797 bits per heavy atom. The third-order valence-electron chi connectivity index (χ3n) is 11.2. The van der Waals surface area contributed by atoms with E-state index in [1.54, 1.807) is 42.5 Å². The molecule has 5 N–H and O–H groups in total. The van der Waals surface area contributed by atoms with Crippen LogP contribution in [0.25, 0.3) is 21.8 Å². The van der Waals surface area contributed by atoms with E-state index in [1.807, 2.05) is 58.6 Å². The number of hydrogen-bond donors (Lipinski definition) is 5. The Kier molecular flexibility index (Phi) is 12.5. The van der Waals surface area contributed by atoms with Crippen LogP contribution >= 0.6 is 0 Å². The number of anilines is 3. The Morgan fingerprint density at radius 2 is 1.42 bits per heavy atom. The van der Waals surface area contributed by atoms with Gasteiger partial charge in [0.05, 0.1) is 29.4 Å². The number of phenols is 1. The number of aromatic nitrogens is 2. The maximum atomic E-state index is 13.8. The molecule has 2 amide bonds. The highest BCUT2D eigenvalue weighted by molar-refractivity contribution is 6.07. The van der Waals surface area contributed by atoms with E-state index >= 15 is 0 Å². The minimum atomic E-state index is -4.68. The number of alkyl halides is 3. The first-order valence-electron chi connectivity index (χ1n) is 20.5. The number of benzene rings is 4. The molecule has 15 heteroatoms. The van der Waals surface area contributed by atoms with Crippen molar-refractivity contribution in [1.29, 1.82) is 5.26 Å². The van der Waals surface area contributed by atoms with Crippen LogP contribution in [0.1, 0.15) is 105 Å². The van der Waals surface area contributed by atoms with Crippen LogP contribution in [0.2, 0.25) is 0 Å². The second-order valence-electron chi connectivity index (χ2n) is 18.7. The van der Waals surface area contributed by atoms with Crippen molar-refractivity contribution in [3.05, 3.63) is 133 Å². The molecule has 3 heterocycles. The summed E-state index contributed by atoms with van der Waals surface area (Å²) in [5.74, 6) is -1.01. The molecule has 1 saturated heterocycles. The maximum absolute atomic E-state index is 13.8. The van der Waals surface area contributed by atoms with E-state index in [2.05, 4.69) is 34.4 Å². The van der Waals surface area contributed by atoms with Crippen LogP contribution < -0.4 is 31.1 Å². The Bertz CT molecular complexity index is 2970. The molecule has 12 nitrogen and oxygen atoms in total. The summed E-state index contributed by atoms with van der Waals surface area (Å²) in [6, 6.07) is 18.9. The fourth-order valence-corrected chi connectivity index (χ4v) is 7.70. The first-order valence-corrected chi connectivity index (χ1v) is 20.5. The van der Waals surface area contributed by atoms with Crippen molar-refractivity contribution < 1.29 is 32.6 Å². The molecule has 0 bridgehead atoms. The van der Waals surface area contributed by atoms with E-state index < -0.39 is 40.1 Å². The van der Waals surface area contributed by atoms with E-state index in [1.165, 1.54) is 31.6 Å². The molecule has 0 radical (unpaired) electrons. The largest absolute Gasteiger partial charge is 0.508 e. The van der Waals surface area contributed by atoms with Crippen LogP contribution in [0.15, 0.2) is 88.7 Å². The highest BCUT2D eigenvalue weighted by Gasteiger charge is 2.37. The lowest BCUT2D eigenvalue weighted by molar-refractivity contribution is -0.136. The molecule has 1 fully saturated rings. The molecule has 0 unspecified atom stereocenters. The number of H-pyrrole nitrogens is 2. The van der Waals surface area contributed by atoms with Crippen molar-refractivity contribution in [3.63, 3.8) is 0 Å². The zero-order valence-electron chi connectivity index (χ0n) is 37.1. The number of nitriles is 1. The number of hydrogen-bond acceptors (Lipinski definition) is 8. The number of nitrogens with zero attached hydrogens (tertiary/aromatic N) is 2. The van der Waals surface area contributed by atoms with E-state index in [9.17, 15) is 42.7 Å². The van der Waals surface area contributed by atoms with E-state index in [-0.39, 0.29) is 43.9 Å². The number of aromatic amines is 2. The van der Waals surface area contributed by atoms with E-state index in [4.69, 9.17) is 4.74 Å². The molecule has 6 aromatic rings. The number of pyridine rings is 2. The summed E-state index contributed by atoms with van der Waals surface area (Å²) in [5, 5.41) is 25.4. The fraction of sp³-hybridized carbons (Fsp3) is 0.327. The summed E-state index contributed by atoms with van der Waals surface area (Å²) < 4.78 is 46.6. The summed E-state index contributed by atoms with van der Waals surface area (Å²) in [7, 11) is 1.44. The number of para-hydroxylation sites is 1. The molecule has 7 rings (SSSR count). The minimum Gasteiger partial charge on any atom is -0.508 e. The lowest BCUT2D eigenvalue weighted by atomic mass is 9.79. The zero-order chi connectivity index (χ0) is 47.1. The highest BCUT2D eigenvalue weighted by atomic mass is 19.4. The summed E-state index contributed by atoms with van der Waals surface area (Å²) in [5.41, 5.74) is 0.373. The SMILES string of the molecule is CC(C)(C)c1cc(C(C)(C)C)c(NC(=O)c2c[nH]c3c(C#N)cccc3c2=O)cc1O.COc1ccc2[nH]cc(C(=O)Nc3ccc(N4CCC(C)(C)C4)cc3C(F)(F)F)c(=O)c2c1. The maximum Gasteiger partial charge on any atom is 0.418 e. The van der Waals surface area contributed by atoms with Gasteiger partial charge in [-0.05, 0) is 88.4 Å². The van der Waals surface area contributed by atoms with Gasteiger partial charge in [-0.2, -0.15) is 18.4 Å². The summed E-state index contributed by atoms with van der Waals surface area (Å²) in [4.78, 5) is 59.2. The number of fused-ring (bicyclic) bond motifs is 2. The molecule has 1 aliphatic heterocycles. The van der Waals surface area contributed by atoms with Crippen molar-refractivity contribution in [2.75, 3.05) is 35.7 Å². The Hall–Kier alpha value is -7.08. The van der Waals surface area contributed by atoms with Crippen molar-refractivity contribution in [3.8, 4) is 17.6 Å². The number of rotatable bonds is 6. The van der Waals surface area contributed by atoms with Gasteiger partial charge in [0.1, 0.15) is 28.7 Å². The predicted octanol–water partition coefficient (Wildman–Crippen LogP) is 10.00. The van der Waals surface area contributed by atoms with Crippen LogP contribution in [-0.2, 0) is 17.0 Å². The lowest BCUT2D eigenvalue weighted by Crippen LogP contribution is -2.25. The smallest absolute Gasteiger partial charge is 0.418 e. The third-order valence-corrected chi connectivity index (χ3v) is 11.2. The van der Waals surface area contributed by atoms with Crippen molar-refractivity contribution in [1.82, 2.24) is 9.97 Å². The van der Waals surface area contributed by atoms with Gasteiger partial charge in [0.2, 0.25) is 10.9 Å². The van der Waals surface area contributed by atoms with Gasteiger partial charge in [0.25, 0.3) is 11.8 Å². The highest BCUT2D eigenvalue weighted by Crippen LogP contribution is 2.41. The second kappa shape index (κ2) is 17.2. The average Bonchev–Trinajstić information content (AvgIpc) is 3.59. The molecular weight excluding hydrogens is 826 g/mol. The molecule has 4 aromatic carbocycles. The van der Waals surface area contributed by atoms with Gasteiger partial charge >= 0.3 is 6.18 Å². The predicted molar refractivity (Wildman–Crippen MR) is 244 cm³/mol. The number of ether oxygens (including phenoxy) is 1. The number of aromatic hydroxyl groups is 1. The average molecular weight is 877 g/mol. The minimum absolute atomic E-state index is 0.0189. The van der Waals surface area contributed by atoms with E-state index in [0.717, 1.165) is 23.6 Å². The van der Waals surface area contributed by atoms with E-state index in [0.29, 0.717) is 46.8 Å². The molecule has 1 aliphatic rings. The van der Waals surface area contributed by atoms with Gasteiger partial charge in [-0.3, -0.25) is 19.2 Å². The van der Waals surface area contributed by atoms with Crippen molar-refractivity contribution in [2.24, 2.45) is 5.41 Å². The molecule has 0 atom stereocenters. The first-order chi connectivity index (χ1) is 29.8. The fourth-order valence-electron chi connectivity index (χ4n) is 7.70. The Labute approximate surface area is 368 Å². The lowest BCUT2D eigenvalue weighted by Gasteiger charge is -2.28. The summed E-state index contributed by atoms with van der Waals surface area (Å²) in [6.07, 6.45) is -1.29.